The lowest BCUT2D eigenvalue weighted by molar-refractivity contribution is 0.410. The van der Waals surface area contributed by atoms with E-state index in [-0.39, 0.29) is 0 Å². The van der Waals surface area contributed by atoms with Gasteiger partial charge in [0.15, 0.2) is 5.82 Å². The summed E-state index contributed by atoms with van der Waals surface area (Å²) in [5.74, 6) is 1.68. The highest BCUT2D eigenvalue weighted by molar-refractivity contribution is 6.35. The third-order valence-corrected chi connectivity index (χ3v) is 3.94. The van der Waals surface area contributed by atoms with Crippen LogP contribution in [0.2, 0.25) is 10.0 Å². The quantitative estimate of drug-likeness (QED) is 0.658. The fourth-order valence-electron chi connectivity index (χ4n) is 2.19. The maximum absolute atomic E-state index is 6.15. The van der Waals surface area contributed by atoms with Crippen molar-refractivity contribution in [3.8, 4) is 5.75 Å². The Hall–Kier alpha value is -2.57. The Kier molecular flexibility index (Phi) is 5.53. The summed E-state index contributed by atoms with van der Waals surface area (Å²) in [7, 11) is 1.64. The van der Waals surface area contributed by atoms with Crippen LogP contribution >= 0.6 is 23.2 Å². The molecule has 0 bridgehead atoms. The van der Waals surface area contributed by atoms with Crippen molar-refractivity contribution < 1.29 is 4.74 Å². The van der Waals surface area contributed by atoms with Crippen LogP contribution in [0.15, 0.2) is 48.7 Å². The van der Waals surface area contributed by atoms with E-state index in [0.717, 1.165) is 11.3 Å². The molecular weight excluding hydrogens is 361 g/mol. The minimum atomic E-state index is 0.383. The molecule has 0 fully saturated rings. The Bertz CT molecular complexity index is 875. The highest BCUT2D eigenvalue weighted by Gasteiger charge is 2.06. The fourth-order valence-corrected chi connectivity index (χ4v) is 2.53. The summed E-state index contributed by atoms with van der Waals surface area (Å²) in [5.41, 5.74) is 1.63. The highest BCUT2D eigenvalue weighted by Crippen LogP contribution is 2.27. The van der Waals surface area contributed by atoms with E-state index >= 15 is 0 Å². The van der Waals surface area contributed by atoms with Crippen molar-refractivity contribution in [3.63, 3.8) is 0 Å². The monoisotopic (exact) mass is 375 g/mol. The van der Waals surface area contributed by atoms with Crippen molar-refractivity contribution in [1.29, 1.82) is 0 Å². The van der Waals surface area contributed by atoms with Crippen molar-refractivity contribution in [3.05, 3.63) is 64.3 Å². The van der Waals surface area contributed by atoms with E-state index in [0.29, 0.717) is 34.0 Å². The lowest BCUT2D eigenvalue weighted by atomic mass is 10.2. The Labute approximate surface area is 155 Å². The van der Waals surface area contributed by atoms with Crippen LogP contribution in [-0.4, -0.2) is 22.3 Å². The third kappa shape index (κ3) is 4.49. The van der Waals surface area contributed by atoms with Gasteiger partial charge >= 0.3 is 0 Å². The SMILES string of the molecule is COc1ccccc1CNc1nncc(Nc2cc(Cl)ccc2Cl)n1. The molecule has 0 radical (unpaired) electrons. The Balaban J connectivity index is 1.72. The lowest BCUT2D eigenvalue weighted by Gasteiger charge is -2.11. The standard InChI is InChI=1S/C17H15Cl2N5O/c1-25-15-5-3-2-4-11(15)9-20-17-23-16(10-21-24-17)22-14-8-12(18)6-7-13(14)19/h2-8,10H,9H2,1H3,(H2,20,22,23,24). The molecule has 25 heavy (non-hydrogen) atoms. The number of hydrogen-bond donors (Lipinski definition) is 2. The largest absolute Gasteiger partial charge is 0.496 e. The highest BCUT2D eigenvalue weighted by atomic mass is 35.5. The Morgan fingerprint density at radius 3 is 2.80 bits per heavy atom. The third-order valence-electron chi connectivity index (χ3n) is 3.38. The van der Waals surface area contributed by atoms with Gasteiger partial charge in [-0.1, -0.05) is 41.4 Å². The molecule has 0 saturated carbocycles. The van der Waals surface area contributed by atoms with E-state index in [1.165, 1.54) is 6.20 Å². The van der Waals surface area contributed by atoms with E-state index in [2.05, 4.69) is 25.8 Å². The number of hydrogen-bond acceptors (Lipinski definition) is 6. The molecule has 0 aliphatic rings. The van der Waals surface area contributed by atoms with Gasteiger partial charge in [0, 0.05) is 17.1 Å². The molecule has 0 atom stereocenters. The second-order valence-corrected chi connectivity index (χ2v) is 5.92. The smallest absolute Gasteiger partial charge is 0.244 e. The molecule has 2 aromatic carbocycles. The zero-order valence-corrected chi connectivity index (χ0v) is 14.8. The molecule has 6 nitrogen and oxygen atoms in total. The van der Waals surface area contributed by atoms with E-state index in [9.17, 15) is 0 Å². The molecule has 3 rings (SSSR count). The molecule has 0 saturated heterocycles. The zero-order valence-electron chi connectivity index (χ0n) is 13.3. The summed E-state index contributed by atoms with van der Waals surface area (Å²) in [5, 5.41) is 15.2. The van der Waals surface area contributed by atoms with Crippen LogP contribution in [0.3, 0.4) is 0 Å². The molecule has 8 heteroatoms. The molecule has 1 heterocycles. The zero-order chi connectivity index (χ0) is 17.6. The predicted octanol–water partition coefficient (Wildman–Crippen LogP) is 4.54. The minimum absolute atomic E-state index is 0.383. The van der Waals surface area contributed by atoms with Crippen LogP contribution in [0.5, 0.6) is 5.75 Å². The number of halogens is 2. The number of ether oxygens (including phenoxy) is 1. The van der Waals surface area contributed by atoms with Crippen molar-refractivity contribution in [2.24, 2.45) is 0 Å². The predicted molar refractivity (Wildman–Crippen MR) is 99.9 cm³/mol. The molecule has 1 aromatic heterocycles. The van der Waals surface area contributed by atoms with Gasteiger partial charge in [-0.15, -0.1) is 5.10 Å². The van der Waals surface area contributed by atoms with Crippen LogP contribution in [0, 0.1) is 0 Å². The van der Waals surface area contributed by atoms with Gasteiger partial charge in [0.25, 0.3) is 0 Å². The number of para-hydroxylation sites is 1. The first-order valence-electron chi connectivity index (χ1n) is 7.43. The molecule has 3 aromatic rings. The van der Waals surface area contributed by atoms with Gasteiger partial charge in [-0.05, 0) is 24.3 Å². The van der Waals surface area contributed by atoms with Gasteiger partial charge in [-0.25, -0.2) is 0 Å². The van der Waals surface area contributed by atoms with Crippen LogP contribution in [0.1, 0.15) is 5.56 Å². The molecule has 0 spiro atoms. The van der Waals surface area contributed by atoms with Crippen molar-refractivity contribution >= 4 is 40.7 Å². The Morgan fingerprint density at radius 2 is 1.96 bits per heavy atom. The van der Waals surface area contributed by atoms with Gasteiger partial charge < -0.3 is 15.4 Å². The number of anilines is 3. The normalized spacial score (nSPS) is 10.4. The van der Waals surface area contributed by atoms with Crippen LogP contribution in [-0.2, 0) is 6.54 Å². The van der Waals surface area contributed by atoms with Crippen LogP contribution in [0.25, 0.3) is 0 Å². The first-order chi connectivity index (χ1) is 12.2. The number of nitrogens with one attached hydrogen (secondary N) is 2. The van der Waals surface area contributed by atoms with E-state index in [1.54, 1.807) is 25.3 Å². The second kappa shape index (κ2) is 8.00. The molecule has 0 amide bonds. The summed E-state index contributed by atoms with van der Waals surface area (Å²) < 4.78 is 5.32. The summed E-state index contributed by atoms with van der Waals surface area (Å²) in [6.45, 7) is 0.507. The minimum Gasteiger partial charge on any atom is -0.496 e. The van der Waals surface area contributed by atoms with E-state index < -0.39 is 0 Å². The first-order valence-corrected chi connectivity index (χ1v) is 8.19. The van der Waals surface area contributed by atoms with Crippen molar-refractivity contribution in [1.82, 2.24) is 15.2 Å². The van der Waals surface area contributed by atoms with Gasteiger partial charge in [0.2, 0.25) is 5.95 Å². The van der Waals surface area contributed by atoms with Gasteiger partial charge in [-0.2, -0.15) is 10.1 Å². The molecule has 128 valence electrons. The van der Waals surface area contributed by atoms with Crippen LogP contribution < -0.4 is 15.4 Å². The summed E-state index contributed by atoms with van der Waals surface area (Å²) >= 11 is 12.1. The number of rotatable bonds is 6. The average Bonchev–Trinajstić information content (AvgIpc) is 2.63. The van der Waals surface area contributed by atoms with Gasteiger partial charge in [0.1, 0.15) is 5.75 Å². The fraction of sp³-hybridized carbons (Fsp3) is 0.118. The Morgan fingerprint density at radius 1 is 1.12 bits per heavy atom. The number of nitrogens with zero attached hydrogens (tertiary/aromatic N) is 3. The van der Waals surface area contributed by atoms with Gasteiger partial charge in [0.05, 0.1) is 24.0 Å². The first kappa shape index (κ1) is 17.3. The molecule has 2 N–H and O–H groups in total. The molecule has 0 aliphatic heterocycles. The molecule has 0 unspecified atom stereocenters. The van der Waals surface area contributed by atoms with Crippen LogP contribution in [0.4, 0.5) is 17.5 Å². The van der Waals surface area contributed by atoms with Gasteiger partial charge in [-0.3, -0.25) is 0 Å². The number of benzene rings is 2. The maximum atomic E-state index is 6.15. The summed E-state index contributed by atoms with van der Waals surface area (Å²) in [6.07, 6.45) is 1.51. The number of methoxy groups -OCH3 is 1. The van der Waals surface area contributed by atoms with E-state index in [4.69, 9.17) is 27.9 Å². The molecular formula is C17H15Cl2N5O. The average molecular weight is 376 g/mol. The number of aromatic nitrogens is 3. The summed E-state index contributed by atoms with van der Waals surface area (Å²) in [4.78, 5) is 4.37. The van der Waals surface area contributed by atoms with E-state index in [1.807, 2.05) is 24.3 Å². The molecule has 0 aliphatic carbocycles. The van der Waals surface area contributed by atoms with Crippen molar-refractivity contribution in [2.45, 2.75) is 6.54 Å². The topological polar surface area (TPSA) is 72.0 Å². The maximum Gasteiger partial charge on any atom is 0.244 e. The van der Waals surface area contributed by atoms with Crippen molar-refractivity contribution in [2.75, 3.05) is 17.7 Å². The second-order valence-electron chi connectivity index (χ2n) is 5.08. The lowest BCUT2D eigenvalue weighted by Crippen LogP contribution is -2.07. The summed E-state index contributed by atoms with van der Waals surface area (Å²) in [6, 6.07) is 12.9.